The molecule has 86 valence electrons. The molecule has 0 fully saturated rings. The van der Waals surface area contributed by atoms with Crippen LogP contribution in [-0.2, 0) is 16.1 Å². The molecule has 0 aliphatic rings. The van der Waals surface area contributed by atoms with Crippen molar-refractivity contribution in [2.45, 2.75) is 6.54 Å². The van der Waals surface area contributed by atoms with Crippen molar-refractivity contribution < 1.29 is 14.3 Å². The van der Waals surface area contributed by atoms with E-state index in [1.54, 1.807) is 24.5 Å². The summed E-state index contributed by atoms with van der Waals surface area (Å²) >= 11 is 0. The zero-order valence-corrected chi connectivity index (χ0v) is 8.90. The number of nitrogens with zero attached hydrogens (tertiary/aromatic N) is 1. The Morgan fingerprint density at radius 3 is 2.62 bits per heavy atom. The fraction of sp³-hybridized carbons (Fsp3) is 0.300. The van der Waals surface area contributed by atoms with Crippen molar-refractivity contribution >= 4 is 12.0 Å². The Bertz CT molecular complexity index is 354. The average Bonchev–Trinajstić information content (AvgIpc) is 2.34. The number of hydrogen-bond acceptors (Lipinski definition) is 4. The molecule has 6 heteroatoms. The first-order valence-corrected chi connectivity index (χ1v) is 4.70. The fourth-order valence-corrected chi connectivity index (χ4v) is 0.988. The van der Waals surface area contributed by atoms with Crippen molar-refractivity contribution in [1.29, 1.82) is 0 Å². The van der Waals surface area contributed by atoms with Crippen LogP contribution in [0.4, 0.5) is 4.79 Å². The van der Waals surface area contributed by atoms with E-state index in [4.69, 9.17) is 0 Å². The lowest BCUT2D eigenvalue weighted by Crippen LogP contribution is -2.36. The van der Waals surface area contributed by atoms with Crippen molar-refractivity contribution in [3.8, 4) is 0 Å². The van der Waals surface area contributed by atoms with Gasteiger partial charge in [0.1, 0.15) is 6.54 Å². The maximum atomic E-state index is 11.2. The second kappa shape index (κ2) is 6.39. The third-order valence-corrected chi connectivity index (χ3v) is 1.82. The molecule has 0 unspecified atom stereocenters. The molecule has 0 aromatic carbocycles. The standard InChI is InChI=1S/C10H13N3O3/c1-16-10(15)13-7-9(14)12-6-8-2-4-11-5-3-8/h2-5H,6-7H2,1H3,(H,12,14)(H,13,15). The Hall–Kier alpha value is -2.11. The molecule has 2 N–H and O–H groups in total. The molecular weight excluding hydrogens is 210 g/mol. The molecule has 0 saturated carbocycles. The molecule has 0 saturated heterocycles. The van der Waals surface area contributed by atoms with Crippen LogP contribution in [0.15, 0.2) is 24.5 Å². The Labute approximate surface area is 93.0 Å². The van der Waals surface area contributed by atoms with Gasteiger partial charge in [-0.15, -0.1) is 0 Å². The average molecular weight is 223 g/mol. The van der Waals surface area contributed by atoms with Crippen molar-refractivity contribution in [1.82, 2.24) is 15.6 Å². The van der Waals surface area contributed by atoms with Gasteiger partial charge in [-0.1, -0.05) is 0 Å². The number of nitrogens with one attached hydrogen (secondary N) is 2. The molecule has 0 spiro atoms. The number of alkyl carbamates (subject to hydrolysis) is 1. The van der Waals surface area contributed by atoms with E-state index in [9.17, 15) is 9.59 Å². The summed E-state index contributed by atoms with van der Waals surface area (Å²) in [6, 6.07) is 3.60. The van der Waals surface area contributed by atoms with Crippen LogP contribution in [0.1, 0.15) is 5.56 Å². The molecule has 0 radical (unpaired) electrons. The predicted molar refractivity (Wildman–Crippen MR) is 56.5 cm³/mol. The second-order valence-electron chi connectivity index (χ2n) is 2.98. The minimum Gasteiger partial charge on any atom is -0.453 e. The number of aromatic nitrogens is 1. The molecule has 1 aromatic heterocycles. The summed E-state index contributed by atoms with van der Waals surface area (Å²) in [5.74, 6) is -0.276. The largest absolute Gasteiger partial charge is 0.453 e. The van der Waals surface area contributed by atoms with Gasteiger partial charge >= 0.3 is 6.09 Å². The van der Waals surface area contributed by atoms with E-state index in [2.05, 4.69) is 20.4 Å². The molecule has 0 aliphatic carbocycles. The van der Waals surface area contributed by atoms with Gasteiger partial charge in [0.15, 0.2) is 0 Å². The third kappa shape index (κ3) is 4.41. The zero-order chi connectivity index (χ0) is 11.8. The molecule has 16 heavy (non-hydrogen) atoms. The molecule has 0 atom stereocenters. The Balaban J connectivity index is 2.23. The van der Waals surface area contributed by atoms with E-state index < -0.39 is 6.09 Å². The highest BCUT2D eigenvalue weighted by Crippen LogP contribution is 1.94. The van der Waals surface area contributed by atoms with E-state index in [1.807, 2.05) is 0 Å². The van der Waals surface area contributed by atoms with E-state index in [0.29, 0.717) is 6.54 Å². The summed E-state index contributed by atoms with van der Waals surface area (Å²) in [4.78, 5) is 25.8. The number of carbonyl (C=O) groups is 2. The molecule has 0 aliphatic heterocycles. The number of hydrogen-bond donors (Lipinski definition) is 2. The minimum atomic E-state index is -0.626. The lowest BCUT2D eigenvalue weighted by molar-refractivity contribution is -0.120. The maximum absolute atomic E-state index is 11.2. The predicted octanol–water partition coefficient (Wildman–Crippen LogP) is 0.0538. The van der Waals surface area contributed by atoms with Crippen LogP contribution < -0.4 is 10.6 Å². The summed E-state index contributed by atoms with van der Waals surface area (Å²) in [6.07, 6.45) is 2.67. The molecule has 0 bridgehead atoms. The first kappa shape index (κ1) is 12.0. The summed E-state index contributed by atoms with van der Waals surface area (Å²) in [5.41, 5.74) is 0.946. The quantitative estimate of drug-likeness (QED) is 0.756. The van der Waals surface area contributed by atoms with Gasteiger partial charge < -0.3 is 15.4 Å². The summed E-state index contributed by atoms with van der Waals surface area (Å²) in [5, 5.41) is 4.92. The van der Waals surface area contributed by atoms with Gasteiger partial charge in [-0.3, -0.25) is 9.78 Å². The van der Waals surface area contributed by atoms with Crippen molar-refractivity contribution in [3.05, 3.63) is 30.1 Å². The zero-order valence-electron chi connectivity index (χ0n) is 8.90. The summed E-state index contributed by atoms with van der Waals surface area (Å²) in [7, 11) is 1.24. The fourth-order valence-electron chi connectivity index (χ4n) is 0.988. The van der Waals surface area contributed by atoms with Crippen molar-refractivity contribution in [3.63, 3.8) is 0 Å². The van der Waals surface area contributed by atoms with Crippen LogP contribution in [0.2, 0.25) is 0 Å². The number of rotatable bonds is 4. The number of carbonyl (C=O) groups excluding carboxylic acids is 2. The van der Waals surface area contributed by atoms with Gasteiger partial charge in [-0.05, 0) is 17.7 Å². The van der Waals surface area contributed by atoms with E-state index in [0.717, 1.165) is 5.56 Å². The molecule has 1 aromatic rings. The smallest absolute Gasteiger partial charge is 0.407 e. The number of methoxy groups -OCH3 is 1. The molecular formula is C10H13N3O3. The lowest BCUT2D eigenvalue weighted by atomic mass is 10.3. The van der Waals surface area contributed by atoms with E-state index in [1.165, 1.54) is 7.11 Å². The first-order chi connectivity index (χ1) is 7.72. The van der Waals surface area contributed by atoms with Crippen LogP contribution in [0.5, 0.6) is 0 Å². The van der Waals surface area contributed by atoms with Gasteiger partial charge in [0, 0.05) is 18.9 Å². The molecule has 2 amide bonds. The van der Waals surface area contributed by atoms with Crippen molar-refractivity contribution in [2.24, 2.45) is 0 Å². The van der Waals surface area contributed by atoms with Gasteiger partial charge in [-0.2, -0.15) is 0 Å². The van der Waals surface area contributed by atoms with Crippen LogP contribution in [0.25, 0.3) is 0 Å². The van der Waals surface area contributed by atoms with Crippen LogP contribution >= 0.6 is 0 Å². The van der Waals surface area contributed by atoms with Gasteiger partial charge in [0.25, 0.3) is 0 Å². The third-order valence-electron chi connectivity index (χ3n) is 1.82. The highest BCUT2D eigenvalue weighted by molar-refractivity contribution is 5.81. The highest BCUT2D eigenvalue weighted by Gasteiger charge is 2.03. The molecule has 6 nitrogen and oxygen atoms in total. The van der Waals surface area contributed by atoms with Crippen LogP contribution in [0, 0.1) is 0 Å². The second-order valence-corrected chi connectivity index (χ2v) is 2.98. The summed E-state index contributed by atoms with van der Waals surface area (Å²) in [6.45, 7) is 0.308. The summed E-state index contributed by atoms with van der Waals surface area (Å²) < 4.78 is 4.33. The Morgan fingerprint density at radius 2 is 2.00 bits per heavy atom. The lowest BCUT2D eigenvalue weighted by Gasteiger charge is -2.05. The topological polar surface area (TPSA) is 80.3 Å². The maximum Gasteiger partial charge on any atom is 0.407 e. The van der Waals surface area contributed by atoms with E-state index in [-0.39, 0.29) is 12.5 Å². The van der Waals surface area contributed by atoms with Crippen LogP contribution in [-0.4, -0.2) is 30.6 Å². The SMILES string of the molecule is COC(=O)NCC(=O)NCc1ccncc1. The highest BCUT2D eigenvalue weighted by atomic mass is 16.5. The van der Waals surface area contributed by atoms with E-state index >= 15 is 0 Å². The normalized spacial score (nSPS) is 9.31. The molecule has 1 heterocycles. The minimum absolute atomic E-state index is 0.0994. The van der Waals surface area contributed by atoms with Gasteiger partial charge in [0.2, 0.25) is 5.91 Å². The Morgan fingerprint density at radius 1 is 1.31 bits per heavy atom. The first-order valence-electron chi connectivity index (χ1n) is 4.70. The number of ether oxygens (including phenoxy) is 1. The Kier molecular flexibility index (Phi) is 4.78. The van der Waals surface area contributed by atoms with Crippen molar-refractivity contribution in [2.75, 3.05) is 13.7 Å². The number of pyridine rings is 1. The molecule has 1 rings (SSSR count). The van der Waals surface area contributed by atoms with Crippen LogP contribution in [0.3, 0.4) is 0 Å². The van der Waals surface area contributed by atoms with Gasteiger partial charge in [-0.25, -0.2) is 4.79 Å². The van der Waals surface area contributed by atoms with Gasteiger partial charge in [0.05, 0.1) is 7.11 Å². The number of amides is 2. The monoisotopic (exact) mass is 223 g/mol.